The van der Waals surface area contributed by atoms with Gasteiger partial charge in [-0.1, -0.05) is 0 Å². The van der Waals surface area contributed by atoms with E-state index in [2.05, 4.69) is 40.2 Å². The first-order chi connectivity index (χ1) is 18.1. The minimum absolute atomic E-state index is 0.0178. The van der Waals surface area contributed by atoms with Gasteiger partial charge in [0.05, 0.1) is 37.0 Å². The number of ether oxygens (including phenoxy) is 1. The Kier molecular flexibility index (Phi) is 7.97. The van der Waals surface area contributed by atoms with Gasteiger partial charge in [0.15, 0.2) is 11.6 Å². The molecule has 15 heteroatoms. The molecule has 1 aromatic carbocycles. The molecule has 200 valence electrons. The molecule has 0 aliphatic carbocycles. The van der Waals surface area contributed by atoms with Crippen LogP contribution >= 0.6 is 0 Å². The van der Waals surface area contributed by atoms with Crippen LogP contribution in [0.15, 0.2) is 43.0 Å². The molecule has 12 nitrogen and oxygen atoms in total. The second kappa shape index (κ2) is 11.4. The first-order valence-corrected chi connectivity index (χ1v) is 11.4. The van der Waals surface area contributed by atoms with Crippen LogP contribution in [0.25, 0.3) is 11.4 Å². The number of halogens is 3. The van der Waals surface area contributed by atoms with Crippen LogP contribution in [0.3, 0.4) is 0 Å². The molecule has 1 aliphatic heterocycles. The first-order valence-electron chi connectivity index (χ1n) is 11.4. The van der Waals surface area contributed by atoms with Crippen LogP contribution in [0, 0.1) is 0 Å². The highest BCUT2D eigenvalue weighted by molar-refractivity contribution is 6.05. The zero-order valence-corrected chi connectivity index (χ0v) is 20.2. The molecule has 4 N–H and O–H groups in total. The number of benzene rings is 1. The van der Waals surface area contributed by atoms with Crippen LogP contribution in [0.5, 0.6) is 5.75 Å². The number of carbonyl (C=O) groups excluding carboxylic acids is 2. The predicted octanol–water partition coefficient (Wildman–Crippen LogP) is 1.85. The fourth-order valence-corrected chi connectivity index (χ4v) is 3.57. The summed E-state index contributed by atoms with van der Waals surface area (Å²) in [6, 6.07) is 3.20. The molecule has 1 saturated heterocycles. The Hall–Kier alpha value is -4.37. The third-order valence-corrected chi connectivity index (χ3v) is 5.53. The molecular formula is C23H24F3N9O3. The summed E-state index contributed by atoms with van der Waals surface area (Å²) in [5.41, 5.74) is 5.99. The molecule has 1 aliphatic rings. The number of nitrogens with zero attached hydrogens (tertiary/aromatic N) is 6. The van der Waals surface area contributed by atoms with Crippen LogP contribution in [-0.4, -0.2) is 87.7 Å². The minimum Gasteiger partial charge on any atom is -0.404 e. The van der Waals surface area contributed by atoms with E-state index in [9.17, 15) is 22.8 Å². The second-order valence-electron chi connectivity index (χ2n) is 8.45. The SMILES string of the molecule is CN1CCN(CC(=O)Nc2cc(C(=O)Nc3cnc(-c4cnc(N)cn4)cn3)ccc2OC(F)(F)F)CC1. The molecule has 0 unspecified atom stereocenters. The quantitative estimate of drug-likeness (QED) is 0.412. The highest BCUT2D eigenvalue weighted by atomic mass is 19.4. The first kappa shape index (κ1) is 26.7. The number of rotatable bonds is 7. The van der Waals surface area contributed by atoms with Gasteiger partial charge < -0.3 is 26.0 Å². The summed E-state index contributed by atoms with van der Waals surface area (Å²) < 4.78 is 42.8. The number of hydrogen-bond donors (Lipinski definition) is 3. The fraction of sp³-hybridized carbons (Fsp3) is 0.304. The van der Waals surface area contributed by atoms with Gasteiger partial charge in [0.2, 0.25) is 5.91 Å². The van der Waals surface area contributed by atoms with E-state index in [1.54, 1.807) is 0 Å². The number of nitrogens with one attached hydrogen (secondary N) is 2. The second-order valence-corrected chi connectivity index (χ2v) is 8.45. The summed E-state index contributed by atoms with van der Waals surface area (Å²) in [4.78, 5) is 45.6. The maximum Gasteiger partial charge on any atom is 0.573 e. The maximum atomic E-state index is 12.9. The van der Waals surface area contributed by atoms with Crippen molar-refractivity contribution in [1.82, 2.24) is 29.7 Å². The van der Waals surface area contributed by atoms with Crippen LogP contribution in [0.2, 0.25) is 0 Å². The van der Waals surface area contributed by atoms with E-state index in [1.807, 2.05) is 11.9 Å². The Morgan fingerprint density at radius 1 is 0.974 bits per heavy atom. The summed E-state index contributed by atoms with van der Waals surface area (Å²) in [6.07, 6.45) is 0.431. The standard InChI is InChI=1S/C23H24F3N9O3/c1-34-4-6-35(7-5-34)13-21(36)32-15-8-14(2-3-18(15)38-23(24,25)26)22(37)33-20-12-29-17(10-31-20)16-9-30-19(27)11-28-16/h2-3,8-12H,4-7,13H2,1H3,(H2,27,30)(H,32,36)(H,31,33,37). The largest absolute Gasteiger partial charge is 0.573 e. The summed E-state index contributed by atoms with van der Waals surface area (Å²) in [5, 5.41) is 4.94. The van der Waals surface area contributed by atoms with E-state index < -0.39 is 23.9 Å². The Morgan fingerprint density at radius 3 is 2.26 bits per heavy atom. The molecule has 0 bridgehead atoms. The lowest BCUT2D eigenvalue weighted by molar-refractivity contribution is -0.274. The monoisotopic (exact) mass is 531 g/mol. The van der Waals surface area contributed by atoms with Crippen molar-refractivity contribution in [3.05, 3.63) is 48.5 Å². The Labute approximate surface area is 215 Å². The van der Waals surface area contributed by atoms with Crippen molar-refractivity contribution in [2.45, 2.75) is 6.36 Å². The molecule has 38 heavy (non-hydrogen) atoms. The van der Waals surface area contributed by atoms with E-state index in [1.165, 1.54) is 24.8 Å². The highest BCUT2D eigenvalue weighted by Gasteiger charge is 2.32. The van der Waals surface area contributed by atoms with Crippen LogP contribution in [0.4, 0.5) is 30.5 Å². The highest BCUT2D eigenvalue weighted by Crippen LogP contribution is 2.31. The minimum atomic E-state index is -4.99. The van der Waals surface area contributed by atoms with Gasteiger partial charge in [0.1, 0.15) is 17.2 Å². The van der Waals surface area contributed by atoms with E-state index >= 15 is 0 Å². The fourth-order valence-electron chi connectivity index (χ4n) is 3.57. The summed E-state index contributed by atoms with van der Waals surface area (Å²) in [5.74, 6) is -1.54. The molecular weight excluding hydrogens is 507 g/mol. The van der Waals surface area contributed by atoms with Crippen molar-refractivity contribution in [3.63, 3.8) is 0 Å². The Morgan fingerprint density at radius 2 is 1.66 bits per heavy atom. The van der Waals surface area contributed by atoms with Crippen LogP contribution in [0.1, 0.15) is 10.4 Å². The van der Waals surface area contributed by atoms with E-state index in [0.717, 1.165) is 31.3 Å². The number of nitrogen functional groups attached to an aromatic ring is 1. The van der Waals surface area contributed by atoms with Gasteiger partial charge in [-0.3, -0.25) is 14.5 Å². The number of aromatic nitrogens is 4. The molecule has 0 spiro atoms. The van der Waals surface area contributed by atoms with Crippen LogP contribution < -0.4 is 21.1 Å². The molecule has 3 heterocycles. The van der Waals surface area contributed by atoms with Crippen molar-refractivity contribution >= 4 is 29.1 Å². The van der Waals surface area contributed by atoms with Crippen LogP contribution in [-0.2, 0) is 4.79 Å². The normalized spacial score (nSPS) is 14.6. The molecule has 2 amide bonds. The molecule has 0 radical (unpaired) electrons. The molecule has 2 aromatic heterocycles. The average Bonchev–Trinajstić information content (AvgIpc) is 2.86. The number of hydrogen-bond acceptors (Lipinski definition) is 10. The van der Waals surface area contributed by atoms with E-state index in [0.29, 0.717) is 24.5 Å². The third kappa shape index (κ3) is 7.33. The number of anilines is 3. The zero-order chi connectivity index (χ0) is 27.3. The van der Waals surface area contributed by atoms with Crippen molar-refractivity contribution < 1.29 is 27.5 Å². The predicted molar refractivity (Wildman–Crippen MR) is 131 cm³/mol. The number of likely N-dealkylation sites (N-methyl/N-ethyl adjacent to an activating group) is 1. The van der Waals surface area contributed by atoms with Crippen molar-refractivity contribution in [3.8, 4) is 17.1 Å². The maximum absolute atomic E-state index is 12.9. The summed E-state index contributed by atoms with van der Waals surface area (Å²) in [6.45, 7) is 2.80. The van der Waals surface area contributed by atoms with Crippen molar-refractivity contribution in [2.75, 3.05) is 56.1 Å². The van der Waals surface area contributed by atoms with Gasteiger partial charge in [0, 0.05) is 31.7 Å². The Balaban J connectivity index is 1.47. The number of carbonyl (C=O) groups is 2. The Bertz CT molecular complexity index is 1280. The van der Waals surface area contributed by atoms with E-state index in [4.69, 9.17) is 5.73 Å². The number of piperazine rings is 1. The van der Waals surface area contributed by atoms with Crippen molar-refractivity contribution in [1.29, 1.82) is 0 Å². The van der Waals surface area contributed by atoms with Crippen molar-refractivity contribution in [2.24, 2.45) is 0 Å². The topological polar surface area (TPSA) is 151 Å². The summed E-state index contributed by atoms with van der Waals surface area (Å²) in [7, 11) is 1.96. The lowest BCUT2D eigenvalue weighted by atomic mass is 10.1. The zero-order valence-electron chi connectivity index (χ0n) is 20.2. The van der Waals surface area contributed by atoms with Gasteiger partial charge >= 0.3 is 6.36 Å². The molecule has 3 aromatic rings. The van der Waals surface area contributed by atoms with Gasteiger partial charge in [-0.2, -0.15) is 0 Å². The van der Waals surface area contributed by atoms with Gasteiger partial charge in [-0.05, 0) is 25.2 Å². The van der Waals surface area contributed by atoms with Gasteiger partial charge in [-0.15, -0.1) is 13.2 Å². The third-order valence-electron chi connectivity index (χ3n) is 5.53. The molecule has 1 fully saturated rings. The lowest BCUT2D eigenvalue weighted by Crippen LogP contribution is -2.47. The molecule has 0 saturated carbocycles. The van der Waals surface area contributed by atoms with Gasteiger partial charge in [0.25, 0.3) is 5.91 Å². The number of amides is 2. The average molecular weight is 531 g/mol. The molecule has 0 atom stereocenters. The summed E-state index contributed by atoms with van der Waals surface area (Å²) >= 11 is 0. The number of nitrogens with two attached hydrogens (primary N) is 1. The van der Waals surface area contributed by atoms with Gasteiger partial charge in [-0.25, -0.2) is 19.9 Å². The molecule has 4 rings (SSSR count). The number of alkyl halides is 3. The lowest BCUT2D eigenvalue weighted by Gasteiger charge is -2.31. The van der Waals surface area contributed by atoms with E-state index in [-0.39, 0.29) is 29.4 Å². The smallest absolute Gasteiger partial charge is 0.404 e.